The topological polar surface area (TPSA) is 38.9 Å². The molecule has 3 heteroatoms. The van der Waals surface area contributed by atoms with Gasteiger partial charge in [-0.2, -0.15) is 0 Å². The van der Waals surface area contributed by atoms with Crippen LogP contribution in [0.25, 0.3) is 0 Å². The highest BCUT2D eigenvalue weighted by Crippen LogP contribution is 2.23. The highest BCUT2D eigenvalue weighted by molar-refractivity contribution is 5.14. The lowest BCUT2D eigenvalue weighted by molar-refractivity contribution is 0.371. The Morgan fingerprint density at radius 2 is 2.14 bits per heavy atom. The van der Waals surface area contributed by atoms with E-state index in [0.717, 1.165) is 12.1 Å². The van der Waals surface area contributed by atoms with Crippen molar-refractivity contribution in [3.05, 3.63) is 29.8 Å². The van der Waals surface area contributed by atoms with E-state index >= 15 is 0 Å². The zero-order chi connectivity index (χ0) is 10.8. The summed E-state index contributed by atoms with van der Waals surface area (Å²) in [6, 6.07) is 3.05. The highest BCUT2D eigenvalue weighted by Gasteiger charge is 2.23. The average Bonchev–Trinajstić information content (AvgIpc) is 2.02. The number of aromatic nitrogens is 1. The molecule has 0 amide bonds. The van der Waals surface area contributed by atoms with Crippen LogP contribution in [-0.2, 0) is 5.54 Å². The molecule has 0 saturated heterocycles. The molecule has 1 heterocycles. The summed E-state index contributed by atoms with van der Waals surface area (Å²) < 4.78 is 12.6. The molecular weight excluding hydrogens is 179 g/mol. The molecule has 1 aromatic heterocycles. The number of hydrogen-bond donors (Lipinski definition) is 1. The van der Waals surface area contributed by atoms with E-state index in [-0.39, 0.29) is 5.82 Å². The van der Waals surface area contributed by atoms with E-state index in [1.54, 1.807) is 6.07 Å². The van der Waals surface area contributed by atoms with Crippen LogP contribution in [0.4, 0.5) is 4.39 Å². The van der Waals surface area contributed by atoms with Crippen molar-refractivity contribution in [2.24, 2.45) is 11.7 Å². The summed E-state index contributed by atoms with van der Waals surface area (Å²) >= 11 is 0. The molecule has 1 unspecified atom stereocenters. The molecular formula is C11H17FN2. The van der Waals surface area contributed by atoms with Gasteiger partial charge in [0.05, 0.1) is 17.4 Å². The number of pyridine rings is 1. The lowest BCUT2D eigenvalue weighted by atomic mass is 9.88. The fraction of sp³-hybridized carbons (Fsp3) is 0.545. The van der Waals surface area contributed by atoms with Gasteiger partial charge >= 0.3 is 0 Å². The van der Waals surface area contributed by atoms with Crippen LogP contribution in [0.3, 0.4) is 0 Å². The second kappa shape index (κ2) is 4.05. The SMILES string of the molecule is CC(C)CC(C)(N)c1ccc(F)cn1. The zero-order valence-electron chi connectivity index (χ0n) is 8.92. The third kappa shape index (κ3) is 2.77. The molecule has 2 N–H and O–H groups in total. The maximum atomic E-state index is 12.6. The van der Waals surface area contributed by atoms with E-state index in [1.165, 1.54) is 12.3 Å². The summed E-state index contributed by atoms with van der Waals surface area (Å²) in [5.74, 6) is 0.172. The Bertz CT molecular complexity index is 291. The number of nitrogens with two attached hydrogens (primary N) is 1. The molecule has 0 fully saturated rings. The minimum absolute atomic E-state index is 0.325. The van der Waals surface area contributed by atoms with Gasteiger partial charge in [0.25, 0.3) is 0 Å². The molecule has 0 bridgehead atoms. The van der Waals surface area contributed by atoms with Gasteiger partial charge < -0.3 is 5.73 Å². The van der Waals surface area contributed by atoms with Crippen molar-refractivity contribution in [2.45, 2.75) is 32.7 Å². The zero-order valence-corrected chi connectivity index (χ0v) is 8.92. The third-order valence-corrected chi connectivity index (χ3v) is 2.14. The second-order valence-electron chi connectivity index (χ2n) is 4.38. The van der Waals surface area contributed by atoms with Crippen LogP contribution < -0.4 is 5.73 Å². The van der Waals surface area contributed by atoms with E-state index in [0.29, 0.717) is 5.92 Å². The van der Waals surface area contributed by atoms with Crippen molar-refractivity contribution in [1.82, 2.24) is 4.98 Å². The molecule has 1 aromatic rings. The largest absolute Gasteiger partial charge is 0.320 e. The standard InChI is InChI=1S/C11H17FN2/c1-8(2)6-11(3,13)10-5-4-9(12)7-14-10/h4-5,7-8H,6,13H2,1-3H3. The Kier molecular flexibility index (Phi) is 3.21. The summed E-state index contributed by atoms with van der Waals surface area (Å²) in [4.78, 5) is 4.00. The van der Waals surface area contributed by atoms with Crippen LogP contribution in [0, 0.1) is 11.7 Å². The molecule has 0 aliphatic carbocycles. The maximum Gasteiger partial charge on any atom is 0.141 e. The first kappa shape index (κ1) is 11.1. The van der Waals surface area contributed by atoms with Crippen molar-refractivity contribution >= 4 is 0 Å². The van der Waals surface area contributed by atoms with Crippen LogP contribution in [0.1, 0.15) is 32.9 Å². The number of halogens is 1. The van der Waals surface area contributed by atoms with Crippen molar-refractivity contribution in [2.75, 3.05) is 0 Å². The van der Waals surface area contributed by atoms with Crippen molar-refractivity contribution < 1.29 is 4.39 Å². The first-order chi connectivity index (χ1) is 6.42. The quantitative estimate of drug-likeness (QED) is 0.806. The van der Waals surface area contributed by atoms with Gasteiger partial charge in [-0.05, 0) is 31.4 Å². The van der Waals surface area contributed by atoms with Gasteiger partial charge in [0.1, 0.15) is 5.82 Å². The normalized spacial score (nSPS) is 15.6. The van der Waals surface area contributed by atoms with Crippen LogP contribution in [0.2, 0.25) is 0 Å². The summed E-state index contributed by atoms with van der Waals surface area (Å²) in [6.07, 6.45) is 2.05. The Morgan fingerprint density at radius 3 is 2.57 bits per heavy atom. The van der Waals surface area contributed by atoms with Crippen LogP contribution in [-0.4, -0.2) is 4.98 Å². The van der Waals surface area contributed by atoms with Gasteiger partial charge in [-0.25, -0.2) is 4.39 Å². The molecule has 0 spiro atoms. The summed E-state index contributed by atoms with van der Waals surface area (Å²) in [5.41, 5.74) is 6.38. The molecule has 0 aliphatic heterocycles. The first-order valence-electron chi connectivity index (χ1n) is 4.83. The first-order valence-corrected chi connectivity index (χ1v) is 4.83. The molecule has 0 aromatic carbocycles. The molecule has 0 radical (unpaired) electrons. The predicted octanol–water partition coefficient (Wildman–Crippen LogP) is 2.44. The number of hydrogen-bond acceptors (Lipinski definition) is 2. The summed E-state index contributed by atoms with van der Waals surface area (Å²) in [7, 11) is 0. The van der Waals surface area contributed by atoms with Crippen molar-refractivity contribution in [1.29, 1.82) is 0 Å². The van der Waals surface area contributed by atoms with E-state index < -0.39 is 5.54 Å². The Labute approximate surface area is 84.3 Å². The highest BCUT2D eigenvalue weighted by atomic mass is 19.1. The second-order valence-corrected chi connectivity index (χ2v) is 4.38. The van der Waals surface area contributed by atoms with E-state index in [4.69, 9.17) is 5.73 Å². The van der Waals surface area contributed by atoms with Gasteiger partial charge in [0.2, 0.25) is 0 Å². The monoisotopic (exact) mass is 196 g/mol. The van der Waals surface area contributed by atoms with Crippen LogP contribution in [0.5, 0.6) is 0 Å². The lowest BCUT2D eigenvalue weighted by Crippen LogP contribution is -2.35. The Morgan fingerprint density at radius 1 is 1.50 bits per heavy atom. The third-order valence-electron chi connectivity index (χ3n) is 2.14. The van der Waals surface area contributed by atoms with Crippen molar-refractivity contribution in [3.63, 3.8) is 0 Å². The van der Waals surface area contributed by atoms with Crippen molar-refractivity contribution in [3.8, 4) is 0 Å². The molecule has 0 saturated carbocycles. The molecule has 14 heavy (non-hydrogen) atoms. The van der Waals surface area contributed by atoms with Gasteiger partial charge in [-0.3, -0.25) is 4.98 Å². The van der Waals surface area contributed by atoms with E-state index in [9.17, 15) is 4.39 Å². The Balaban J connectivity index is 2.86. The molecule has 1 atom stereocenters. The molecule has 1 rings (SSSR count). The lowest BCUT2D eigenvalue weighted by Gasteiger charge is -2.25. The molecule has 2 nitrogen and oxygen atoms in total. The van der Waals surface area contributed by atoms with Crippen LogP contribution in [0.15, 0.2) is 18.3 Å². The van der Waals surface area contributed by atoms with Crippen LogP contribution >= 0.6 is 0 Å². The molecule has 0 aliphatic rings. The predicted molar refractivity (Wildman–Crippen MR) is 55.2 cm³/mol. The fourth-order valence-corrected chi connectivity index (χ4v) is 1.67. The Hall–Kier alpha value is -0.960. The summed E-state index contributed by atoms with van der Waals surface area (Å²) in [5, 5.41) is 0. The van der Waals surface area contributed by atoms with E-state index in [1.807, 2.05) is 6.92 Å². The number of rotatable bonds is 3. The van der Waals surface area contributed by atoms with Gasteiger partial charge in [0.15, 0.2) is 0 Å². The fourth-order valence-electron chi connectivity index (χ4n) is 1.67. The number of nitrogens with zero attached hydrogens (tertiary/aromatic N) is 1. The average molecular weight is 196 g/mol. The minimum Gasteiger partial charge on any atom is -0.320 e. The van der Waals surface area contributed by atoms with E-state index in [2.05, 4.69) is 18.8 Å². The summed E-state index contributed by atoms with van der Waals surface area (Å²) in [6.45, 7) is 6.14. The molecule has 78 valence electrons. The smallest absolute Gasteiger partial charge is 0.141 e. The van der Waals surface area contributed by atoms with Gasteiger partial charge in [-0.1, -0.05) is 13.8 Å². The maximum absolute atomic E-state index is 12.6. The van der Waals surface area contributed by atoms with Gasteiger partial charge in [-0.15, -0.1) is 0 Å². The van der Waals surface area contributed by atoms with Gasteiger partial charge in [0, 0.05) is 0 Å². The minimum atomic E-state index is -0.470.